The number of nitrogens with two attached hydrogens (primary N) is 4. The summed E-state index contributed by atoms with van der Waals surface area (Å²) >= 11 is 11.0. The molecular formula is C62H90F2N16O35P6S3+6. The van der Waals surface area contributed by atoms with Gasteiger partial charge in [-0.2, -0.15) is 19.9 Å². The van der Waals surface area contributed by atoms with Gasteiger partial charge >= 0.3 is 80.6 Å². The van der Waals surface area contributed by atoms with Gasteiger partial charge in [0.15, 0.2) is 49.2 Å². The van der Waals surface area contributed by atoms with Crippen LogP contribution in [0.3, 0.4) is 0 Å². The number of aryl methyl sites for hydroxylation is 2. The number of anilines is 4. The molecule has 26 atom stereocenters. The van der Waals surface area contributed by atoms with E-state index in [0.717, 1.165) is 9.13 Å². The molecule has 0 bridgehead atoms. The average Bonchev–Trinajstić information content (AvgIpc) is 1.77. The van der Waals surface area contributed by atoms with E-state index < -0.39 is 238 Å². The lowest BCUT2D eigenvalue weighted by Gasteiger charge is -2.24. The van der Waals surface area contributed by atoms with E-state index in [0.29, 0.717) is 11.1 Å². The molecule has 6 aliphatic heterocycles. The number of aromatic nitrogens is 12. The van der Waals surface area contributed by atoms with Gasteiger partial charge in [-0.1, -0.05) is 0 Å². The summed E-state index contributed by atoms with van der Waals surface area (Å²) in [5.74, 6) is 0.141. The number of hydrogen-bond acceptors (Lipinski definition) is 40. The quantitative estimate of drug-likeness (QED) is 0.0278. The minimum Gasteiger partial charge on any atom is -0.393 e. The maximum absolute atomic E-state index is 14.5. The van der Waals surface area contributed by atoms with Crippen molar-refractivity contribution in [2.45, 2.75) is 201 Å². The van der Waals surface area contributed by atoms with Crippen molar-refractivity contribution >= 4 is 106 Å². The van der Waals surface area contributed by atoms with Gasteiger partial charge in [0.2, 0.25) is 0 Å². The number of nitrogens with one attached hydrogen (secondary N) is 2. The van der Waals surface area contributed by atoms with Crippen LogP contribution in [0.15, 0.2) is 99.8 Å². The van der Waals surface area contributed by atoms with Crippen LogP contribution in [0.2, 0.25) is 0 Å². The maximum atomic E-state index is 14.5. The number of halogens is 2. The van der Waals surface area contributed by atoms with Crippen LogP contribution < -0.4 is 68.2 Å². The zero-order valence-corrected chi connectivity index (χ0v) is 74.2. The Labute approximate surface area is 717 Å². The van der Waals surface area contributed by atoms with Crippen molar-refractivity contribution in [1.82, 2.24) is 57.3 Å². The number of aliphatic hydroxyl groups excluding tert-OH is 6. The van der Waals surface area contributed by atoms with Crippen molar-refractivity contribution in [2.24, 2.45) is 0 Å². The van der Waals surface area contributed by atoms with Crippen LogP contribution in [0.5, 0.6) is 0 Å². The predicted octanol–water partition coefficient (Wildman–Crippen LogP) is -0.0707. The Morgan fingerprint density at radius 1 is 0.403 bits per heavy atom. The summed E-state index contributed by atoms with van der Waals surface area (Å²) in [5.41, 5.74) is 9.48. The standard InChI is InChI=1S/C11H15N2O7P.C11H15N2O6PS.C10H13FN3O6P.C10H13FN3O5PS.C10H14N3O6P.C10H14N3O5PS/c1-6-4-13(10(16)12-9(6)15)8-3-7(20-21(17)18)11(2,5-14)19-8;1-6-4-13(10(16)12-9(6)15)8-3-7(19-20(17)21)11(2,5-14)18-8;1-10(4-15)7(20-21(17)18)6(11)8(19-10)14-3-2-5(12)13-9(14)16;1-10(4-15)7(19-20(17)21)6(11)8(18-10)14-3-2-5(12)13-9(14)16;1-10(5-14)6(19-20(16)17)4-8(18-10)13-3-2-7(11)12-9(13)15;1-10(5-14)6(18-19(16)20)4-8(17-10)13-3-2-7(11)12-9(13)15/h4,7-8,14H,3,5H2,1-2H3,(H-,12,15,16,17,18);4,7-8,14H,3,5H2,1-2H3,(H-,12,15,16,17,21);2-3,6-8,15H,4H2,1H3,(H2-,12,13,16,17,18);2-3,6-8,15H,4H2,1H3,(H2-,12,13,16,17,21);2-3,6,8,14H,4-5H2,1H3,(H2-,11,12,15,16,17);2-3,6,8,14H,4-5H2,1H3,(H2-,11,12,15,16,20)/p+6/t2*7?,8-,11-;2*6-,7?,8+,10+;2*6?,8-,10-/m110011/s1. The lowest BCUT2D eigenvalue weighted by atomic mass is 9.99. The third-order valence-corrected chi connectivity index (χ3v) is 23.2. The molecular weight excluding hydrogens is 1850 g/mol. The number of ether oxygens (including phenoxy) is 6. The number of aliphatic hydroxyl groups is 6. The average molecular weight is 1940 g/mol. The Morgan fingerprint density at radius 2 is 0.645 bits per heavy atom. The van der Waals surface area contributed by atoms with E-state index in [9.17, 15) is 105 Å². The summed E-state index contributed by atoms with van der Waals surface area (Å²) in [7, 11) is -15.5. The van der Waals surface area contributed by atoms with Crippen molar-refractivity contribution in [3.63, 3.8) is 0 Å². The number of rotatable bonds is 24. The number of H-pyrrole nitrogens is 2. The molecule has 0 saturated carbocycles. The first-order chi connectivity index (χ1) is 57.8. The SMILES string of the molecule is C[C@]1(CO)O[C@@H](n2ccc(N)nc2=O)CC1O[P+](=O)O.C[C@]1(CO)O[C@@H](n2ccc(N)nc2=O)CC1O[P+](=O)S.C[C@]1(CO)O[C@@H](n2ccc(N)nc2=O)[C@@H](F)C1O[P+](=O)O.C[C@]1(CO)O[C@@H](n2ccc(N)nc2=O)[C@@H](F)C1O[P+](=O)S.Cc1cn([C@H]2CC(O[P+](=O)O)[C@@](C)(CO)O2)c(=O)[nH]c1=O.Cc1cn([C@H]2CC(O[P+](=O)S)[C@@](C)(CO)O2)c(=O)[nH]c1=O. The molecule has 6 aromatic heterocycles. The second-order valence-corrected chi connectivity index (χ2v) is 36.0. The van der Waals surface area contributed by atoms with Gasteiger partial charge in [0, 0.05) is 87.7 Å². The Kier molecular flexibility index (Phi) is 36.6. The number of hydrogen-bond donors (Lipinski definition) is 18. The molecule has 6 aromatic rings. The molecule has 124 heavy (non-hydrogen) atoms. The Hall–Kier alpha value is -7.25. The lowest BCUT2D eigenvalue weighted by molar-refractivity contribution is -0.113. The second-order valence-electron chi connectivity index (χ2n) is 28.9. The molecule has 12 heterocycles. The summed E-state index contributed by atoms with van der Waals surface area (Å²) in [6.07, 6.45) is -6.88. The van der Waals surface area contributed by atoms with Gasteiger partial charge in [0.1, 0.15) is 131 Å². The van der Waals surface area contributed by atoms with Crippen molar-refractivity contribution < 1.29 is 137 Å². The summed E-state index contributed by atoms with van der Waals surface area (Å²) < 4.78 is 164. The number of nitrogens with zero attached hydrogens (tertiary/aromatic N) is 10. The molecule has 12 unspecified atom stereocenters. The van der Waals surface area contributed by atoms with Crippen LogP contribution in [0.25, 0.3) is 0 Å². The summed E-state index contributed by atoms with van der Waals surface area (Å²) in [6, 6.07) is 5.48. The number of nitrogen functional groups attached to an aromatic ring is 4. The highest BCUT2D eigenvalue weighted by atomic mass is 32.7. The van der Waals surface area contributed by atoms with E-state index in [1.807, 2.05) is 0 Å². The molecule has 19 N–H and O–H groups in total. The minimum absolute atomic E-state index is 0.0131. The molecule has 0 amide bonds. The molecule has 62 heteroatoms. The van der Waals surface area contributed by atoms with Crippen LogP contribution in [0, 0.1) is 13.8 Å². The second kappa shape index (κ2) is 43.7. The third-order valence-electron chi connectivity index (χ3n) is 19.8. The van der Waals surface area contributed by atoms with Gasteiger partial charge in [-0.25, -0.2) is 37.5 Å². The Bertz CT molecular complexity index is 5080. The fraction of sp³-hybridized carbons (Fsp3) is 0.613. The fourth-order valence-corrected chi connectivity index (χ4v) is 17.0. The van der Waals surface area contributed by atoms with Gasteiger partial charge in [0.25, 0.3) is 11.1 Å². The van der Waals surface area contributed by atoms with Gasteiger partial charge in [-0.05, 0) is 93.4 Å². The first kappa shape index (κ1) is 104. The van der Waals surface area contributed by atoms with Gasteiger partial charge < -0.3 is 82.0 Å². The minimum atomic E-state index is -3.11. The zero-order chi connectivity index (χ0) is 93.0. The largest absolute Gasteiger partial charge is 0.695 e. The van der Waals surface area contributed by atoms with E-state index in [2.05, 4.69) is 71.2 Å². The third kappa shape index (κ3) is 25.6. The van der Waals surface area contributed by atoms with Crippen molar-refractivity contribution in [3.8, 4) is 0 Å². The van der Waals surface area contributed by atoms with Crippen molar-refractivity contribution in [3.05, 3.63) is 156 Å². The molecule has 51 nitrogen and oxygen atoms in total. The molecule has 6 saturated heterocycles. The van der Waals surface area contributed by atoms with Crippen molar-refractivity contribution in [1.29, 1.82) is 0 Å². The van der Waals surface area contributed by atoms with E-state index in [1.165, 1.54) is 114 Å². The lowest BCUT2D eigenvalue weighted by Crippen LogP contribution is -2.43. The Morgan fingerprint density at radius 3 is 0.887 bits per heavy atom. The monoisotopic (exact) mass is 1940 g/mol. The van der Waals surface area contributed by atoms with Crippen molar-refractivity contribution in [2.75, 3.05) is 62.6 Å². The molecule has 0 aliphatic carbocycles. The number of aromatic amines is 2. The molecule has 0 spiro atoms. The number of alkyl halides is 2. The maximum Gasteiger partial charge on any atom is 0.695 e. The molecule has 684 valence electrons. The normalized spacial score (nSPS) is 31.1. The van der Waals surface area contributed by atoms with E-state index in [-0.39, 0.29) is 62.2 Å². The molecule has 12 rings (SSSR count). The first-order valence-corrected chi connectivity index (χ1v) is 46.2. The van der Waals surface area contributed by atoms with Gasteiger partial charge in [-0.15, -0.1) is 41.8 Å². The van der Waals surface area contributed by atoms with E-state index in [4.69, 9.17) is 88.7 Å². The van der Waals surface area contributed by atoms with Crippen LogP contribution >= 0.6 is 83.2 Å². The summed E-state index contributed by atoms with van der Waals surface area (Å²) in [4.78, 5) is 138. The van der Waals surface area contributed by atoms with E-state index >= 15 is 0 Å². The highest BCUT2D eigenvalue weighted by Crippen LogP contribution is 2.49. The number of thiol groups is 3. The van der Waals surface area contributed by atoms with Crippen LogP contribution in [-0.2, 0) is 83.0 Å². The highest BCUT2D eigenvalue weighted by Gasteiger charge is 2.61. The zero-order valence-electron chi connectivity index (χ0n) is 66.1. The smallest absolute Gasteiger partial charge is 0.393 e. The molecule has 0 aromatic carbocycles. The van der Waals surface area contributed by atoms with E-state index in [1.54, 1.807) is 20.8 Å². The van der Waals surface area contributed by atoms with Gasteiger partial charge in [-0.3, -0.25) is 47.0 Å². The van der Waals surface area contributed by atoms with Crippen LogP contribution in [0.4, 0.5) is 32.1 Å². The van der Waals surface area contributed by atoms with Crippen LogP contribution in [-0.4, -0.2) is 225 Å². The van der Waals surface area contributed by atoms with Gasteiger partial charge in [0.05, 0.1) is 39.6 Å². The topological polar surface area (TPSA) is 749 Å². The first-order valence-electron chi connectivity index (χ1n) is 35.8. The molecule has 6 fully saturated rings. The molecule has 0 radical (unpaired) electrons. The fourth-order valence-electron chi connectivity index (χ4n) is 12.9. The summed E-state index contributed by atoms with van der Waals surface area (Å²) in [6.45, 7) is 9.18. The molecule has 6 aliphatic rings. The highest BCUT2D eigenvalue weighted by molar-refractivity contribution is 8.39. The van der Waals surface area contributed by atoms with Crippen LogP contribution in [0.1, 0.15) is 116 Å². The predicted molar refractivity (Wildman–Crippen MR) is 434 cm³/mol. The summed E-state index contributed by atoms with van der Waals surface area (Å²) in [5, 5.41) is 56.4. The Balaban J connectivity index is 0.000000204.